The number of carbonyl (C=O) groups is 3. The van der Waals surface area contributed by atoms with E-state index in [4.69, 9.17) is 0 Å². The molecule has 2 rings (SSSR count). The van der Waals surface area contributed by atoms with E-state index in [1.54, 1.807) is 0 Å². The molecule has 3 N–H and O–H groups in total. The van der Waals surface area contributed by atoms with E-state index < -0.39 is 34.7 Å². The third kappa shape index (κ3) is 2.21. The molecule has 2 saturated carbocycles. The van der Waals surface area contributed by atoms with Gasteiger partial charge >= 0.3 is 17.9 Å². The van der Waals surface area contributed by atoms with E-state index >= 15 is 0 Å². The summed E-state index contributed by atoms with van der Waals surface area (Å²) >= 11 is 0. The maximum absolute atomic E-state index is 12.1. The molecule has 0 aromatic rings. The Hall–Kier alpha value is -1.59. The summed E-state index contributed by atoms with van der Waals surface area (Å²) in [5.41, 5.74) is -3.12. The minimum atomic E-state index is -1.68. The number of aliphatic carboxylic acids is 3. The normalized spacial score (nSPS) is 32.3. The van der Waals surface area contributed by atoms with Crippen molar-refractivity contribution < 1.29 is 29.7 Å². The number of rotatable bonds is 4. The summed E-state index contributed by atoms with van der Waals surface area (Å²) in [7, 11) is 0. The van der Waals surface area contributed by atoms with Crippen LogP contribution in [0.2, 0.25) is 0 Å². The second-order valence-electron chi connectivity index (χ2n) is 6.36. The van der Waals surface area contributed by atoms with Crippen LogP contribution in [0, 0.1) is 16.7 Å². The highest BCUT2D eigenvalue weighted by Crippen LogP contribution is 2.59. The standard InChI is InChI=1S/C15H22O6/c16-11(17)10-6-2-5-9-15(10,13(20)21)14(12(18)19)7-3-1-4-8-14/h10H,1-9H2,(H,16,17)(H,18,19)(H,20,21). The third-order valence-electron chi connectivity index (χ3n) is 5.56. The quantitative estimate of drug-likeness (QED) is 0.734. The fourth-order valence-corrected chi connectivity index (χ4v) is 4.55. The van der Waals surface area contributed by atoms with Crippen molar-refractivity contribution in [1.29, 1.82) is 0 Å². The summed E-state index contributed by atoms with van der Waals surface area (Å²) in [5.74, 6) is -4.68. The van der Waals surface area contributed by atoms with E-state index in [0.29, 0.717) is 25.7 Å². The monoisotopic (exact) mass is 298 g/mol. The highest BCUT2D eigenvalue weighted by atomic mass is 16.4. The van der Waals surface area contributed by atoms with Crippen molar-refractivity contribution in [3.63, 3.8) is 0 Å². The lowest BCUT2D eigenvalue weighted by Crippen LogP contribution is -2.60. The molecule has 21 heavy (non-hydrogen) atoms. The first-order valence-electron chi connectivity index (χ1n) is 7.58. The Morgan fingerprint density at radius 2 is 1.33 bits per heavy atom. The Morgan fingerprint density at radius 1 is 0.762 bits per heavy atom. The number of carboxylic acids is 3. The van der Waals surface area contributed by atoms with Crippen LogP contribution in [0.3, 0.4) is 0 Å². The maximum Gasteiger partial charge on any atom is 0.311 e. The minimum absolute atomic E-state index is 0.144. The van der Waals surface area contributed by atoms with Gasteiger partial charge < -0.3 is 15.3 Å². The summed E-state index contributed by atoms with van der Waals surface area (Å²) in [4.78, 5) is 35.7. The van der Waals surface area contributed by atoms with Crippen molar-refractivity contribution >= 4 is 17.9 Å². The van der Waals surface area contributed by atoms with Gasteiger partial charge in [0.05, 0.1) is 16.7 Å². The van der Waals surface area contributed by atoms with Crippen molar-refractivity contribution in [2.75, 3.05) is 0 Å². The van der Waals surface area contributed by atoms with Gasteiger partial charge in [0.15, 0.2) is 0 Å². The minimum Gasteiger partial charge on any atom is -0.481 e. The summed E-state index contributed by atoms with van der Waals surface area (Å²) in [6.45, 7) is 0. The molecule has 2 atom stereocenters. The Morgan fingerprint density at radius 3 is 1.81 bits per heavy atom. The van der Waals surface area contributed by atoms with E-state index in [0.717, 1.165) is 6.42 Å². The highest BCUT2D eigenvalue weighted by molar-refractivity contribution is 5.91. The van der Waals surface area contributed by atoms with Gasteiger partial charge in [0.1, 0.15) is 0 Å². The lowest BCUT2D eigenvalue weighted by molar-refractivity contribution is -0.194. The van der Waals surface area contributed by atoms with Crippen LogP contribution in [0.25, 0.3) is 0 Å². The SMILES string of the molecule is O=C(O)C1CCCCC1(C(=O)O)C1(C(=O)O)CCCCC1. The van der Waals surface area contributed by atoms with Crippen LogP contribution in [0.15, 0.2) is 0 Å². The molecule has 2 unspecified atom stereocenters. The van der Waals surface area contributed by atoms with Gasteiger partial charge in [-0.05, 0) is 25.7 Å². The molecule has 0 saturated heterocycles. The van der Waals surface area contributed by atoms with E-state index in [-0.39, 0.29) is 25.7 Å². The van der Waals surface area contributed by atoms with Crippen LogP contribution < -0.4 is 0 Å². The average Bonchev–Trinajstić information content (AvgIpc) is 2.47. The second kappa shape index (κ2) is 5.66. The Labute approximate surface area is 123 Å². The molecule has 6 heteroatoms. The Balaban J connectivity index is 2.60. The molecule has 0 spiro atoms. The fourth-order valence-electron chi connectivity index (χ4n) is 4.55. The summed E-state index contributed by atoms with van der Waals surface area (Å²) < 4.78 is 0. The second-order valence-corrected chi connectivity index (χ2v) is 6.36. The summed E-state index contributed by atoms with van der Waals surface area (Å²) in [6.07, 6.45) is 4.30. The molecule has 0 aromatic carbocycles. The third-order valence-corrected chi connectivity index (χ3v) is 5.56. The van der Waals surface area contributed by atoms with Gasteiger partial charge in [-0.15, -0.1) is 0 Å². The smallest absolute Gasteiger partial charge is 0.311 e. The molecule has 0 aliphatic heterocycles. The molecular weight excluding hydrogens is 276 g/mol. The molecule has 0 heterocycles. The number of hydrogen-bond donors (Lipinski definition) is 3. The maximum atomic E-state index is 12.1. The lowest BCUT2D eigenvalue weighted by Gasteiger charge is -2.51. The van der Waals surface area contributed by atoms with E-state index in [2.05, 4.69) is 0 Å². The number of hydrogen-bond acceptors (Lipinski definition) is 3. The largest absolute Gasteiger partial charge is 0.481 e. The summed E-state index contributed by atoms with van der Waals surface area (Å²) in [5, 5.41) is 29.1. The van der Waals surface area contributed by atoms with Crippen molar-refractivity contribution in [3.8, 4) is 0 Å². The Bertz CT molecular complexity index is 451. The van der Waals surface area contributed by atoms with Crippen molar-refractivity contribution in [1.82, 2.24) is 0 Å². The van der Waals surface area contributed by atoms with Gasteiger partial charge in [0, 0.05) is 0 Å². The van der Waals surface area contributed by atoms with Crippen LogP contribution in [-0.2, 0) is 14.4 Å². The van der Waals surface area contributed by atoms with Crippen molar-refractivity contribution in [2.45, 2.75) is 57.8 Å². The lowest BCUT2D eigenvalue weighted by atomic mass is 9.48. The molecule has 0 aromatic heterocycles. The molecule has 2 aliphatic rings. The van der Waals surface area contributed by atoms with Gasteiger partial charge in [-0.3, -0.25) is 14.4 Å². The van der Waals surface area contributed by atoms with Crippen LogP contribution in [0.5, 0.6) is 0 Å². The molecule has 0 radical (unpaired) electrons. The van der Waals surface area contributed by atoms with Crippen LogP contribution in [-0.4, -0.2) is 33.2 Å². The average molecular weight is 298 g/mol. The fraction of sp³-hybridized carbons (Fsp3) is 0.800. The first-order valence-corrected chi connectivity index (χ1v) is 7.58. The summed E-state index contributed by atoms with van der Waals surface area (Å²) in [6, 6.07) is 0. The molecular formula is C15H22O6. The van der Waals surface area contributed by atoms with Gasteiger partial charge in [-0.25, -0.2) is 0 Å². The van der Waals surface area contributed by atoms with Crippen LogP contribution in [0.4, 0.5) is 0 Å². The molecule has 6 nitrogen and oxygen atoms in total. The van der Waals surface area contributed by atoms with Gasteiger partial charge in [0.25, 0.3) is 0 Å². The zero-order valence-electron chi connectivity index (χ0n) is 12.0. The first-order chi connectivity index (χ1) is 9.88. The molecule has 0 bridgehead atoms. The molecule has 118 valence electrons. The zero-order valence-corrected chi connectivity index (χ0v) is 12.0. The molecule has 2 fully saturated rings. The number of carboxylic acid groups (broad SMARTS) is 3. The van der Waals surface area contributed by atoms with E-state index in [1.165, 1.54) is 0 Å². The first kappa shape index (κ1) is 15.8. The van der Waals surface area contributed by atoms with Crippen LogP contribution in [0.1, 0.15) is 57.8 Å². The van der Waals surface area contributed by atoms with E-state index in [1.807, 2.05) is 0 Å². The molecule has 2 aliphatic carbocycles. The van der Waals surface area contributed by atoms with Gasteiger partial charge in [0.2, 0.25) is 0 Å². The molecule has 0 amide bonds. The Kier molecular flexibility index (Phi) is 4.25. The van der Waals surface area contributed by atoms with Gasteiger partial charge in [-0.2, -0.15) is 0 Å². The van der Waals surface area contributed by atoms with Crippen molar-refractivity contribution in [2.24, 2.45) is 16.7 Å². The van der Waals surface area contributed by atoms with E-state index in [9.17, 15) is 29.7 Å². The highest BCUT2D eigenvalue weighted by Gasteiger charge is 2.66. The predicted octanol–water partition coefficient (Wildman–Crippen LogP) is 2.37. The zero-order chi connectivity index (χ0) is 15.7. The van der Waals surface area contributed by atoms with Gasteiger partial charge in [-0.1, -0.05) is 32.1 Å². The van der Waals surface area contributed by atoms with Crippen LogP contribution >= 0.6 is 0 Å². The van der Waals surface area contributed by atoms with Crippen molar-refractivity contribution in [3.05, 3.63) is 0 Å². The topological polar surface area (TPSA) is 112 Å². The predicted molar refractivity (Wildman–Crippen MR) is 72.8 cm³/mol.